The Hall–Kier alpha value is -1.98. The predicted molar refractivity (Wildman–Crippen MR) is 120 cm³/mol. The average Bonchev–Trinajstić information content (AvgIpc) is 2.70. The summed E-state index contributed by atoms with van der Waals surface area (Å²) in [6.07, 6.45) is 0. The van der Waals surface area contributed by atoms with E-state index in [0.29, 0.717) is 31.1 Å². The van der Waals surface area contributed by atoms with E-state index in [9.17, 15) is 16.8 Å². The molecular weight excluding hydrogens is 440 g/mol. The molecule has 0 bridgehead atoms. The van der Waals surface area contributed by atoms with E-state index in [-0.39, 0.29) is 23.2 Å². The van der Waals surface area contributed by atoms with E-state index in [4.69, 9.17) is 9.47 Å². The summed E-state index contributed by atoms with van der Waals surface area (Å²) in [6.45, 7) is 6.98. The minimum absolute atomic E-state index is 0.0895. The van der Waals surface area contributed by atoms with Gasteiger partial charge in [-0.15, -0.1) is 0 Å². The Morgan fingerprint density at radius 3 is 2.06 bits per heavy atom. The number of hydrogen-bond donors (Lipinski definition) is 2. The van der Waals surface area contributed by atoms with Crippen molar-refractivity contribution in [2.24, 2.45) is 0 Å². The van der Waals surface area contributed by atoms with Crippen LogP contribution in [0.25, 0.3) is 0 Å². The van der Waals surface area contributed by atoms with Crippen LogP contribution in [0.3, 0.4) is 0 Å². The molecule has 0 heterocycles. The number of benzene rings is 2. The van der Waals surface area contributed by atoms with Crippen LogP contribution in [0, 0.1) is 0 Å². The average molecular weight is 471 g/mol. The Balaban J connectivity index is 1.91. The van der Waals surface area contributed by atoms with Crippen LogP contribution in [-0.4, -0.2) is 42.7 Å². The highest BCUT2D eigenvalue weighted by Crippen LogP contribution is 2.16. The van der Waals surface area contributed by atoms with Gasteiger partial charge >= 0.3 is 0 Å². The second kappa shape index (κ2) is 11.6. The molecular formula is C21H30N2O6S2. The molecule has 0 radical (unpaired) electrons. The lowest BCUT2D eigenvalue weighted by Crippen LogP contribution is -2.31. The topological polar surface area (TPSA) is 111 Å². The fraction of sp³-hybridized carbons (Fsp3) is 0.429. The molecule has 0 unspecified atom stereocenters. The van der Waals surface area contributed by atoms with Gasteiger partial charge in [-0.25, -0.2) is 26.3 Å². The maximum absolute atomic E-state index is 12.5. The molecule has 0 aliphatic carbocycles. The summed E-state index contributed by atoms with van der Waals surface area (Å²) in [7, 11) is -7.10. The summed E-state index contributed by atoms with van der Waals surface area (Å²) >= 11 is 0. The molecule has 172 valence electrons. The van der Waals surface area contributed by atoms with Gasteiger partial charge in [-0.1, -0.05) is 24.3 Å². The molecule has 2 aromatic carbocycles. The fourth-order valence-electron chi connectivity index (χ4n) is 2.71. The monoisotopic (exact) mass is 470 g/mol. The molecule has 2 aromatic rings. The highest BCUT2D eigenvalue weighted by Gasteiger charge is 2.15. The highest BCUT2D eigenvalue weighted by atomic mass is 32.2. The molecule has 2 N–H and O–H groups in total. The van der Waals surface area contributed by atoms with Crippen LogP contribution < -0.4 is 14.2 Å². The summed E-state index contributed by atoms with van der Waals surface area (Å²) in [5, 5.41) is 0. The zero-order valence-corrected chi connectivity index (χ0v) is 19.6. The lowest BCUT2D eigenvalue weighted by atomic mass is 10.1. The third-order valence-corrected chi connectivity index (χ3v) is 7.06. The van der Waals surface area contributed by atoms with Crippen molar-refractivity contribution in [2.45, 2.75) is 44.0 Å². The van der Waals surface area contributed by atoms with E-state index in [0.717, 1.165) is 5.56 Å². The third-order valence-electron chi connectivity index (χ3n) is 4.10. The second-order valence-corrected chi connectivity index (χ2v) is 10.7. The van der Waals surface area contributed by atoms with E-state index in [1.807, 2.05) is 6.92 Å². The molecule has 0 saturated heterocycles. The number of sulfonamides is 2. The maximum Gasteiger partial charge on any atom is 0.240 e. The molecule has 0 amide bonds. The summed E-state index contributed by atoms with van der Waals surface area (Å²) in [5.74, 6) is 0.437. The van der Waals surface area contributed by atoms with Crippen LogP contribution in [0.2, 0.25) is 0 Å². The first-order valence-electron chi connectivity index (χ1n) is 9.99. The van der Waals surface area contributed by atoms with E-state index in [2.05, 4.69) is 9.44 Å². The van der Waals surface area contributed by atoms with Gasteiger partial charge in [0.2, 0.25) is 20.0 Å². The summed E-state index contributed by atoms with van der Waals surface area (Å²) < 4.78 is 64.8. The molecule has 8 nitrogen and oxygen atoms in total. The van der Waals surface area contributed by atoms with Gasteiger partial charge in [0, 0.05) is 19.2 Å². The first-order chi connectivity index (χ1) is 14.6. The van der Waals surface area contributed by atoms with Crippen molar-refractivity contribution in [2.75, 3.05) is 19.8 Å². The van der Waals surface area contributed by atoms with Crippen LogP contribution in [-0.2, 0) is 37.1 Å². The van der Waals surface area contributed by atoms with Gasteiger partial charge in [0.25, 0.3) is 0 Å². The fourth-order valence-corrected chi connectivity index (χ4v) is 5.16. The molecule has 0 aliphatic rings. The Morgan fingerprint density at radius 2 is 1.48 bits per heavy atom. The van der Waals surface area contributed by atoms with Crippen molar-refractivity contribution in [1.82, 2.24) is 9.44 Å². The molecule has 0 atom stereocenters. The first-order valence-corrected chi connectivity index (χ1v) is 13.1. The Labute approximate surface area is 185 Å². The van der Waals surface area contributed by atoms with Crippen molar-refractivity contribution in [3.8, 4) is 5.75 Å². The number of nitrogens with one attached hydrogen (secondary N) is 2. The standard InChI is InChI=1S/C21H30N2O6S2/c1-4-28-13-14-29-20-9-11-21(12-10-20)31(26,27)22-15-18-5-7-19(8-6-18)16-30(24,25)23-17(2)3/h5-12,17,22-23H,4,13-16H2,1-3H3. The highest BCUT2D eigenvalue weighted by molar-refractivity contribution is 7.89. The van der Waals surface area contributed by atoms with Crippen molar-refractivity contribution in [1.29, 1.82) is 0 Å². The van der Waals surface area contributed by atoms with Crippen LogP contribution in [0.4, 0.5) is 0 Å². The zero-order valence-electron chi connectivity index (χ0n) is 18.0. The molecule has 2 rings (SSSR count). The quantitative estimate of drug-likeness (QED) is 0.435. The van der Waals surface area contributed by atoms with Gasteiger partial charge in [-0.2, -0.15) is 0 Å². The smallest absolute Gasteiger partial charge is 0.240 e. The predicted octanol–water partition coefficient (Wildman–Crippen LogP) is 2.41. The number of hydrogen-bond acceptors (Lipinski definition) is 6. The van der Waals surface area contributed by atoms with Crippen molar-refractivity contribution >= 4 is 20.0 Å². The molecule has 0 fully saturated rings. The second-order valence-electron chi connectivity index (χ2n) is 7.19. The molecule has 0 aliphatic heterocycles. The van der Waals surface area contributed by atoms with E-state index in [1.165, 1.54) is 12.1 Å². The largest absolute Gasteiger partial charge is 0.491 e. The van der Waals surface area contributed by atoms with Crippen molar-refractivity contribution < 1.29 is 26.3 Å². The van der Waals surface area contributed by atoms with Gasteiger partial charge < -0.3 is 9.47 Å². The minimum Gasteiger partial charge on any atom is -0.491 e. The van der Waals surface area contributed by atoms with Crippen molar-refractivity contribution in [3.63, 3.8) is 0 Å². The molecule has 0 aromatic heterocycles. The van der Waals surface area contributed by atoms with E-state index < -0.39 is 20.0 Å². The van der Waals surface area contributed by atoms with E-state index in [1.54, 1.807) is 50.2 Å². The lowest BCUT2D eigenvalue weighted by molar-refractivity contribution is 0.110. The first kappa shape index (κ1) is 25.3. The van der Waals surface area contributed by atoms with Gasteiger partial charge in [0.05, 0.1) is 17.3 Å². The summed E-state index contributed by atoms with van der Waals surface area (Å²) in [5.41, 5.74) is 1.34. The van der Waals surface area contributed by atoms with E-state index >= 15 is 0 Å². The lowest BCUT2D eigenvalue weighted by Gasteiger charge is -2.11. The summed E-state index contributed by atoms with van der Waals surface area (Å²) in [4.78, 5) is 0.132. The van der Waals surface area contributed by atoms with Gasteiger partial charge in [-0.3, -0.25) is 0 Å². The van der Waals surface area contributed by atoms with Crippen molar-refractivity contribution in [3.05, 3.63) is 59.7 Å². The zero-order chi connectivity index (χ0) is 22.9. The third kappa shape index (κ3) is 8.96. The Bertz CT molecular complexity index is 1020. The number of ether oxygens (including phenoxy) is 2. The minimum atomic E-state index is -3.69. The van der Waals surface area contributed by atoms with Crippen LogP contribution in [0.5, 0.6) is 5.75 Å². The van der Waals surface area contributed by atoms with Crippen LogP contribution in [0.1, 0.15) is 31.9 Å². The molecule has 10 heteroatoms. The van der Waals surface area contributed by atoms with Crippen LogP contribution in [0.15, 0.2) is 53.4 Å². The molecule has 0 spiro atoms. The normalized spacial score (nSPS) is 12.3. The maximum atomic E-state index is 12.5. The van der Waals surface area contributed by atoms with Gasteiger partial charge in [-0.05, 0) is 56.2 Å². The Kier molecular flexibility index (Phi) is 9.45. The van der Waals surface area contributed by atoms with Crippen LogP contribution >= 0.6 is 0 Å². The summed E-state index contributed by atoms with van der Waals surface area (Å²) in [6, 6.07) is 12.8. The molecule has 0 saturated carbocycles. The van der Waals surface area contributed by atoms with Gasteiger partial charge in [0.1, 0.15) is 12.4 Å². The molecule has 31 heavy (non-hydrogen) atoms. The Morgan fingerprint density at radius 1 is 0.871 bits per heavy atom. The van der Waals surface area contributed by atoms with Gasteiger partial charge in [0.15, 0.2) is 0 Å². The SMILES string of the molecule is CCOCCOc1ccc(S(=O)(=O)NCc2ccc(CS(=O)(=O)NC(C)C)cc2)cc1. The number of rotatable bonds is 13.